The summed E-state index contributed by atoms with van der Waals surface area (Å²) < 4.78 is 13.1. The van der Waals surface area contributed by atoms with Crippen LogP contribution < -0.4 is 20.1 Å². The second kappa shape index (κ2) is 11.9. The molecule has 6 nitrogen and oxygen atoms in total. The Bertz CT molecular complexity index is 1060. The minimum atomic E-state index is 0.515. The molecule has 2 aromatic carbocycles. The van der Waals surface area contributed by atoms with Crippen LogP contribution in [0.4, 0.5) is 5.82 Å². The fourth-order valence-electron chi connectivity index (χ4n) is 3.07. The molecule has 3 rings (SSSR count). The van der Waals surface area contributed by atoms with E-state index in [1.807, 2.05) is 56.4 Å². The molecule has 2 N–H and O–H groups in total. The molecule has 32 heavy (non-hydrogen) atoms. The van der Waals surface area contributed by atoms with Gasteiger partial charge >= 0.3 is 0 Å². The van der Waals surface area contributed by atoms with Crippen molar-refractivity contribution in [2.45, 2.75) is 26.8 Å². The fraction of sp³-hybridized carbons (Fsp3) is 0.304. The summed E-state index contributed by atoms with van der Waals surface area (Å²) in [5, 5.41) is 12.4. The van der Waals surface area contributed by atoms with E-state index >= 15 is 0 Å². The Labute approximate surface area is 203 Å². The minimum absolute atomic E-state index is 0.515. The molecular formula is C23H26Cl2N4O2S. The van der Waals surface area contributed by atoms with Crippen molar-refractivity contribution in [3.8, 4) is 11.5 Å². The zero-order valence-corrected chi connectivity index (χ0v) is 20.4. The number of rotatable bonds is 10. The normalized spacial score (nSPS) is 10.6. The molecular weight excluding hydrogens is 467 g/mol. The van der Waals surface area contributed by atoms with Gasteiger partial charge in [0, 0.05) is 18.8 Å². The average Bonchev–Trinajstić information content (AvgIpc) is 3.19. The van der Waals surface area contributed by atoms with Gasteiger partial charge in [0.15, 0.2) is 22.4 Å². The SMILES string of the molecule is CCOc1ccc(CCNC(=S)Nc2ccn(Cc3ccc(Cl)c(Cl)c3)n2)cc1OCC. The van der Waals surface area contributed by atoms with Crippen LogP contribution in [0, 0.1) is 0 Å². The molecule has 0 spiro atoms. The Kier molecular flexibility index (Phi) is 9.02. The number of hydrogen-bond donors (Lipinski definition) is 2. The van der Waals surface area contributed by atoms with Gasteiger partial charge in [-0.05, 0) is 67.9 Å². The molecule has 0 aliphatic heterocycles. The lowest BCUT2D eigenvalue weighted by Gasteiger charge is -2.13. The number of ether oxygens (including phenoxy) is 2. The molecule has 0 unspecified atom stereocenters. The van der Waals surface area contributed by atoms with E-state index in [1.54, 1.807) is 10.7 Å². The van der Waals surface area contributed by atoms with E-state index in [0.29, 0.717) is 47.3 Å². The van der Waals surface area contributed by atoms with Crippen molar-refractivity contribution in [3.63, 3.8) is 0 Å². The highest BCUT2D eigenvalue weighted by Crippen LogP contribution is 2.28. The Morgan fingerprint density at radius 1 is 0.969 bits per heavy atom. The van der Waals surface area contributed by atoms with Gasteiger partial charge in [-0.1, -0.05) is 35.3 Å². The first-order valence-corrected chi connectivity index (χ1v) is 11.6. The molecule has 1 aromatic heterocycles. The Balaban J connectivity index is 1.48. The van der Waals surface area contributed by atoms with Gasteiger partial charge in [0.05, 0.1) is 29.8 Å². The standard InChI is InChI=1S/C23H26Cl2N4O2S/c1-3-30-20-8-6-16(14-21(20)31-4-2)9-11-26-23(32)27-22-10-12-29(28-22)15-17-5-7-18(24)19(25)13-17/h5-8,10,12-14H,3-4,9,11,15H2,1-2H3,(H2,26,27,28,32). The van der Waals surface area contributed by atoms with E-state index in [4.69, 9.17) is 44.9 Å². The highest BCUT2D eigenvalue weighted by molar-refractivity contribution is 7.80. The van der Waals surface area contributed by atoms with Crippen molar-refractivity contribution >= 4 is 46.4 Å². The molecule has 0 radical (unpaired) electrons. The number of anilines is 1. The first kappa shape index (κ1) is 24.2. The van der Waals surface area contributed by atoms with E-state index in [0.717, 1.165) is 29.0 Å². The van der Waals surface area contributed by atoms with Gasteiger partial charge in [0.25, 0.3) is 0 Å². The summed E-state index contributed by atoms with van der Waals surface area (Å²) in [6.07, 6.45) is 2.67. The molecule has 0 saturated carbocycles. The molecule has 1 heterocycles. The van der Waals surface area contributed by atoms with Crippen LogP contribution in [0.25, 0.3) is 0 Å². The summed E-state index contributed by atoms with van der Waals surface area (Å²) in [4.78, 5) is 0. The Morgan fingerprint density at radius 2 is 1.72 bits per heavy atom. The van der Waals surface area contributed by atoms with Crippen molar-refractivity contribution in [1.82, 2.24) is 15.1 Å². The number of aromatic nitrogens is 2. The maximum absolute atomic E-state index is 6.08. The monoisotopic (exact) mass is 492 g/mol. The van der Waals surface area contributed by atoms with Crippen LogP contribution in [0.15, 0.2) is 48.7 Å². The Hall–Kier alpha value is -2.48. The minimum Gasteiger partial charge on any atom is -0.490 e. The second-order valence-electron chi connectivity index (χ2n) is 6.93. The number of nitrogens with one attached hydrogen (secondary N) is 2. The molecule has 0 aliphatic carbocycles. The predicted molar refractivity (Wildman–Crippen MR) is 134 cm³/mol. The molecule has 0 aliphatic rings. The molecule has 0 atom stereocenters. The van der Waals surface area contributed by atoms with E-state index in [1.165, 1.54) is 0 Å². The van der Waals surface area contributed by atoms with E-state index in [9.17, 15) is 0 Å². The third-order valence-electron chi connectivity index (χ3n) is 4.52. The number of thiocarbonyl (C=S) groups is 1. The predicted octanol–water partition coefficient (Wildman–Crippen LogP) is 5.56. The molecule has 0 fully saturated rings. The number of halogens is 2. The van der Waals surface area contributed by atoms with Crippen molar-refractivity contribution in [2.24, 2.45) is 0 Å². The number of benzene rings is 2. The van der Waals surface area contributed by atoms with Crippen LogP contribution >= 0.6 is 35.4 Å². The lowest BCUT2D eigenvalue weighted by molar-refractivity contribution is 0.287. The van der Waals surface area contributed by atoms with Gasteiger partial charge in [0.2, 0.25) is 0 Å². The lowest BCUT2D eigenvalue weighted by atomic mass is 10.1. The van der Waals surface area contributed by atoms with Crippen LogP contribution in [0.5, 0.6) is 11.5 Å². The van der Waals surface area contributed by atoms with E-state index in [-0.39, 0.29) is 0 Å². The van der Waals surface area contributed by atoms with Gasteiger partial charge in [-0.3, -0.25) is 4.68 Å². The number of hydrogen-bond acceptors (Lipinski definition) is 4. The van der Waals surface area contributed by atoms with Crippen molar-refractivity contribution < 1.29 is 9.47 Å². The Morgan fingerprint density at radius 3 is 2.47 bits per heavy atom. The van der Waals surface area contributed by atoms with Gasteiger partial charge < -0.3 is 20.1 Å². The molecule has 0 saturated heterocycles. The van der Waals surface area contributed by atoms with Crippen LogP contribution in [0.1, 0.15) is 25.0 Å². The highest BCUT2D eigenvalue weighted by Gasteiger charge is 2.07. The first-order chi connectivity index (χ1) is 15.5. The van der Waals surface area contributed by atoms with Crippen molar-refractivity contribution in [1.29, 1.82) is 0 Å². The lowest BCUT2D eigenvalue weighted by Crippen LogP contribution is -2.30. The zero-order chi connectivity index (χ0) is 22.9. The number of nitrogens with zero attached hydrogens (tertiary/aromatic N) is 2. The van der Waals surface area contributed by atoms with E-state index in [2.05, 4.69) is 15.7 Å². The van der Waals surface area contributed by atoms with Gasteiger partial charge in [-0.25, -0.2) is 0 Å². The summed E-state index contributed by atoms with van der Waals surface area (Å²) in [6.45, 7) is 6.36. The molecule has 3 aromatic rings. The summed E-state index contributed by atoms with van der Waals surface area (Å²) >= 11 is 17.4. The second-order valence-corrected chi connectivity index (χ2v) is 8.15. The third kappa shape index (κ3) is 7.02. The molecule has 170 valence electrons. The quantitative estimate of drug-likeness (QED) is 0.361. The first-order valence-electron chi connectivity index (χ1n) is 10.4. The zero-order valence-electron chi connectivity index (χ0n) is 18.0. The summed E-state index contributed by atoms with van der Waals surface area (Å²) in [6, 6.07) is 13.4. The maximum atomic E-state index is 6.08. The molecule has 0 amide bonds. The third-order valence-corrected chi connectivity index (χ3v) is 5.50. The molecule has 0 bridgehead atoms. The molecule has 9 heteroatoms. The van der Waals surface area contributed by atoms with Crippen molar-refractivity contribution in [2.75, 3.05) is 25.1 Å². The van der Waals surface area contributed by atoms with Crippen LogP contribution in [0.2, 0.25) is 10.0 Å². The van der Waals surface area contributed by atoms with Crippen LogP contribution in [-0.2, 0) is 13.0 Å². The fourth-order valence-corrected chi connectivity index (χ4v) is 3.60. The van der Waals surface area contributed by atoms with E-state index < -0.39 is 0 Å². The van der Waals surface area contributed by atoms with Gasteiger partial charge in [-0.2, -0.15) is 5.10 Å². The summed E-state index contributed by atoms with van der Waals surface area (Å²) in [5.41, 5.74) is 2.15. The van der Waals surface area contributed by atoms with Gasteiger partial charge in [-0.15, -0.1) is 0 Å². The topological polar surface area (TPSA) is 60.3 Å². The summed E-state index contributed by atoms with van der Waals surface area (Å²) in [5.74, 6) is 2.20. The van der Waals surface area contributed by atoms with Crippen LogP contribution in [-0.4, -0.2) is 34.7 Å². The highest BCUT2D eigenvalue weighted by atomic mass is 35.5. The average molecular weight is 493 g/mol. The largest absolute Gasteiger partial charge is 0.490 e. The summed E-state index contributed by atoms with van der Waals surface area (Å²) in [7, 11) is 0. The van der Waals surface area contributed by atoms with Crippen molar-refractivity contribution in [3.05, 3.63) is 69.8 Å². The smallest absolute Gasteiger partial charge is 0.172 e. The van der Waals surface area contributed by atoms with Gasteiger partial charge in [0.1, 0.15) is 0 Å². The van der Waals surface area contributed by atoms with Crippen LogP contribution in [0.3, 0.4) is 0 Å². The maximum Gasteiger partial charge on any atom is 0.172 e.